The Bertz CT molecular complexity index is 838. The standard InChI is InChI=1S/C22H26N2O2/c1-16(2)25-20-11-5-3-8-17(20)14-24-13-7-9-18(15-24)22-23-19-10-4-6-12-21(19)26-22/h3-6,8,10-12,16,18H,7,9,13-15H2,1-2H3. The summed E-state index contributed by atoms with van der Waals surface area (Å²) in [5.41, 5.74) is 3.09. The molecule has 2 aromatic carbocycles. The summed E-state index contributed by atoms with van der Waals surface area (Å²) in [5.74, 6) is 2.23. The second kappa shape index (κ2) is 7.50. The van der Waals surface area contributed by atoms with Gasteiger partial charge < -0.3 is 9.15 Å². The first kappa shape index (κ1) is 17.1. The molecule has 1 aliphatic rings. The Morgan fingerprint density at radius 3 is 2.81 bits per heavy atom. The lowest BCUT2D eigenvalue weighted by molar-refractivity contribution is 0.181. The Balaban J connectivity index is 1.49. The fourth-order valence-corrected chi connectivity index (χ4v) is 3.71. The lowest BCUT2D eigenvalue weighted by atomic mass is 9.97. The van der Waals surface area contributed by atoms with E-state index in [4.69, 9.17) is 14.1 Å². The van der Waals surface area contributed by atoms with E-state index in [-0.39, 0.29) is 6.10 Å². The van der Waals surface area contributed by atoms with Gasteiger partial charge in [0.25, 0.3) is 0 Å². The van der Waals surface area contributed by atoms with E-state index in [1.165, 1.54) is 5.56 Å². The van der Waals surface area contributed by atoms with E-state index in [9.17, 15) is 0 Å². The van der Waals surface area contributed by atoms with Gasteiger partial charge in [-0.1, -0.05) is 30.3 Å². The third-order valence-electron chi connectivity index (χ3n) is 4.89. The van der Waals surface area contributed by atoms with Crippen LogP contribution in [0.3, 0.4) is 0 Å². The predicted molar refractivity (Wildman–Crippen MR) is 103 cm³/mol. The van der Waals surface area contributed by atoms with Crippen molar-refractivity contribution in [2.45, 2.75) is 45.3 Å². The van der Waals surface area contributed by atoms with Crippen LogP contribution in [0.15, 0.2) is 52.9 Å². The van der Waals surface area contributed by atoms with Crippen LogP contribution in [0.1, 0.15) is 44.1 Å². The van der Waals surface area contributed by atoms with Crippen LogP contribution in [0.2, 0.25) is 0 Å². The second-order valence-electron chi connectivity index (χ2n) is 7.37. The molecule has 1 unspecified atom stereocenters. The molecule has 0 saturated carbocycles. The molecule has 1 saturated heterocycles. The van der Waals surface area contributed by atoms with Crippen molar-refractivity contribution in [2.75, 3.05) is 13.1 Å². The molecule has 0 aliphatic carbocycles. The molecule has 1 fully saturated rings. The van der Waals surface area contributed by atoms with E-state index in [1.54, 1.807) is 0 Å². The monoisotopic (exact) mass is 350 g/mol. The van der Waals surface area contributed by atoms with Crippen molar-refractivity contribution in [2.24, 2.45) is 0 Å². The van der Waals surface area contributed by atoms with Crippen LogP contribution in [0.5, 0.6) is 5.75 Å². The fourth-order valence-electron chi connectivity index (χ4n) is 3.71. The molecule has 4 heteroatoms. The summed E-state index contributed by atoms with van der Waals surface area (Å²) < 4.78 is 12.0. The largest absolute Gasteiger partial charge is 0.491 e. The van der Waals surface area contributed by atoms with Gasteiger partial charge in [-0.25, -0.2) is 4.98 Å². The number of hydrogen-bond donors (Lipinski definition) is 0. The number of likely N-dealkylation sites (tertiary alicyclic amines) is 1. The van der Waals surface area contributed by atoms with Crippen molar-refractivity contribution in [3.05, 3.63) is 60.0 Å². The Hall–Kier alpha value is -2.33. The van der Waals surface area contributed by atoms with Crippen molar-refractivity contribution in [1.82, 2.24) is 9.88 Å². The average Bonchev–Trinajstić information content (AvgIpc) is 3.07. The lowest BCUT2D eigenvalue weighted by Crippen LogP contribution is -2.34. The first-order valence-corrected chi connectivity index (χ1v) is 9.51. The number of hydrogen-bond acceptors (Lipinski definition) is 4. The number of piperidine rings is 1. The highest BCUT2D eigenvalue weighted by molar-refractivity contribution is 5.72. The van der Waals surface area contributed by atoms with Crippen LogP contribution in [-0.4, -0.2) is 29.1 Å². The Morgan fingerprint density at radius 1 is 1.15 bits per heavy atom. The molecule has 4 rings (SSSR count). The zero-order chi connectivity index (χ0) is 17.9. The van der Waals surface area contributed by atoms with Crippen LogP contribution < -0.4 is 4.74 Å². The first-order chi connectivity index (χ1) is 12.7. The zero-order valence-corrected chi connectivity index (χ0v) is 15.5. The van der Waals surface area contributed by atoms with Gasteiger partial charge >= 0.3 is 0 Å². The molecule has 1 aromatic heterocycles. The van der Waals surface area contributed by atoms with Gasteiger partial charge in [0.2, 0.25) is 0 Å². The first-order valence-electron chi connectivity index (χ1n) is 9.51. The van der Waals surface area contributed by atoms with Crippen LogP contribution in [0, 0.1) is 0 Å². The molecule has 0 bridgehead atoms. The maximum Gasteiger partial charge on any atom is 0.199 e. The SMILES string of the molecule is CC(C)Oc1ccccc1CN1CCCC(c2nc3ccccc3o2)C1. The highest BCUT2D eigenvalue weighted by Crippen LogP contribution is 2.30. The number of para-hydroxylation sites is 3. The van der Waals surface area contributed by atoms with Crippen molar-refractivity contribution in [3.63, 3.8) is 0 Å². The van der Waals surface area contributed by atoms with Gasteiger partial charge in [0.1, 0.15) is 11.3 Å². The van der Waals surface area contributed by atoms with Gasteiger partial charge in [-0.3, -0.25) is 4.90 Å². The van der Waals surface area contributed by atoms with Crippen LogP contribution in [0.4, 0.5) is 0 Å². The number of oxazole rings is 1. The van der Waals surface area contributed by atoms with Gasteiger partial charge in [0, 0.05) is 24.6 Å². The van der Waals surface area contributed by atoms with Crippen LogP contribution >= 0.6 is 0 Å². The van der Waals surface area contributed by atoms with E-state index in [0.717, 1.165) is 55.2 Å². The minimum Gasteiger partial charge on any atom is -0.491 e. The summed E-state index contributed by atoms with van der Waals surface area (Å²) in [4.78, 5) is 7.21. The third kappa shape index (κ3) is 3.75. The van der Waals surface area contributed by atoms with Crippen molar-refractivity contribution < 1.29 is 9.15 Å². The summed E-state index contributed by atoms with van der Waals surface area (Å²) in [5, 5.41) is 0. The van der Waals surface area contributed by atoms with Gasteiger partial charge in [-0.05, 0) is 51.4 Å². The Kier molecular flexibility index (Phi) is 4.93. The highest BCUT2D eigenvalue weighted by Gasteiger charge is 2.26. The molecule has 3 aromatic rings. The second-order valence-corrected chi connectivity index (χ2v) is 7.37. The quantitative estimate of drug-likeness (QED) is 0.649. The lowest BCUT2D eigenvalue weighted by Gasteiger charge is -2.31. The number of ether oxygens (including phenoxy) is 1. The number of fused-ring (bicyclic) bond motifs is 1. The molecular formula is C22H26N2O2. The summed E-state index contributed by atoms with van der Waals surface area (Å²) in [6.07, 6.45) is 2.48. The smallest absolute Gasteiger partial charge is 0.199 e. The number of rotatable bonds is 5. The van der Waals surface area contributed by atoms with Crippen molar-refractivity contribution in [3.8, 4) is 5.75 Å². The molecule has 2 heterocycles. The maximum atomic E-state index is 6.02. The minimum absolute atomic E-state index is 0.185. The highest BCUT2D eigenvalue weighted by atomic mass is 16.5. The number of aromatic nitrogens is 1. The van der Waals surface area contributed by atoms with E-state index >= 15 is 0 Å². The average molecular weight is 350 g/mol. The molecule has 136 valence electrons. The molecule has 1 aliphatic heterocycles. The summed E-state index contributed by atoms with van der Waals surface area (Å²) in [6.45, 7) is 7.12. The molecule has 1 atom stereocenters. The number of benzene rings is 2. The normalized spacial score (nSPS) is 18.5. The number of nitrogens with zero attached hydrogens (tertiary/aromatic N) is 2. The minimum atomic E-state index is 0.185. The van der Waals surface area contributed by atoms with E-state index in [2.05, 4.69) is 36.9 Å². The van der Waals surface area contributed by atoms with Gasteiger partial charge in [0.15, 0.2) is 11.5 Å². The Morgan fingerprint density at radius 2 is 1.96 bits per heavy atom. The summed E-state index contributed by atoms with van der Waals surface area (Å²) in [7, 11) is 0. The molecule has 4 nitrogen and oxygen atoms in total. The van der Waals surface area contributed by atoms with Gasteiger partial charge in [0.05, 0.1) is 6.10 Å². The molecule has 0 radical (unpaired) electrons. The zero-order valence-electron chi connectivity index (χ0n) is 15.5. The summed E-state index contributed by atoms with van der Waals surface area (Å²) >= 11 is 0. The Labute approximate surface area is 154 Å². The molecule has 0 amide bonds. The van der Waals surface area contributed by atoms with E-state index < -0.39 is 0 Å². The molecule has 0 spiro atoms. The van der Waals surface area contributed by atoms with Crippen LogP contribution in [-0.2, 0) is 6.54 Å². The van der Waals surface area contributed by atoms with Crippen LogP contribution in [0.25, 0.3) is 11.1 Å². The van der Waals surface area contributed by atoms with E-state index in [1.807, 2.05) is 30.3 Å². The third-order valence-corrected chi connectivity index (χ3v) is 4.89. The maximum absolute atomic E-state index is 6.02. The van der Waals surface area contributed by atoms with Crippen molar-refractivity contribution in [1.29, 1.82) is 0 Å². The van der Waals surface area contributed by atoms with Crippen molar-refractivity contribution >= 4 is 11.1 Å². The fraction of sp³-hybridized carbons (Fsp3) is 0.409. The topological polar surface area (TPSA) is 38.5 Å². The van der Waals surface area contributed by atoms with Gasteiger partial charge in [-0.15, -0.1) is 0 Å². The van der Waals surface area contributed by atoms with Gasteiger partial charge in [-0.2, -0.15) is 0 Å². The molecule has 0 N–H and O–H groups in total. The molecule has 26 heavy (non-hydrogen) atoms. The molecular weight excluding hydrogens is 324 g/mol. The summed E-state index contributed by atoms with van der Waals surface area (Å²) in [6, 6.07) is 16.4. The van der Waals surface area contributed by atoms with E-state index in [0.29, 0.717) is 5.92 Å². The predicted octanol–water partition coefficient (Wildman–Crippen LogP) is 4.99.